The number of nitrogens with one attached hydrogen (secondary N) is 1. The number of sulfonamides is 1. The van der Waals surface area contributed by atoms with Crippen molar-refractivity contribution in [3.05, 3.63) is 15.4 Å². The molecule has 7 heteroatoms. The molecule has 0 aromatic carbocycles. The highest BCUT2D eigenvalue weighted by molar-refractivity contribution is 9.10. The molecule has 0 unspecified atom stereocenters. The first-order valence-corrected chi connectivity index (χ1v) is 7.44. The monoisotopic (exact) mass is 312 g/mol. The first-order valence-electron chi connectivity index (χ1n) is 4.35. The van der Waals surface area contributed by atoms with Gasteiger partial charge in [-0.05, 0) is 35.8 Å². The van der Waals surface area contributed by atoms with Gasteiger partial charge in [-0.15, -0.1) is 11.3 Å². The van der Waals surface area contributed by atoms with Crippen molar-refractivity contribution in [3.63, 3.8) is 0 Å². The minimum Gasteiger partial charge on any atom is -0.329 e. The summed E-state index contributed by atoms with van der Waals surface area (Å²) >= 11 is 4.46. The quantitative estimate of drug-likeness (QED) is 0.883. The molecule has 0 fully saturated rings. The minimum absolute atomic E-state index is 0.260. The van der Waals surface area contributed by atoms with Crippen LogP contribution in [0.4, 0.5) is 0 Å². The molecule has 4 nitrogen and oxygen atoms in total. The fraction of sp³-hybridized carbons (Fsp3) is 0.500. The Morgan fingerprint density at radius 3 is 2.67 bits per heavy atom. The molecule has 86 valence electrons. The van der Waals surface area contributed by atoms with Gasteiger partial charge >= 0.3 is 0 Å². The van der Waals surface area contributed by atoms with E-state index in [0.717, 1.165) is 4.88 Å². The zero-order chi connectivity index (χ0) is 11.6. The smallest absolute Gasteiger partial charge is 0.251 e. The summed E-state index contributed by atoms with van der Waals surface area (Å²) in [5.74, 6) is 0. The van der Waals surface area contributed by atoms with E-state index in [4.69, 9.17) is 5.73 Å². The zero-order valence-electron chi connectivity index (χ0n) is 8.45. The van der Waals surface area contributed by atoms with Gasteiger partial charge < -0.3 is 5.73 Å². The summed E-state index contributed by atoms with van der Waals surface area (Å²) in [7, 11) is -3.44. The van der Waals surface area contributed by atoms with E-state index in [9.17, 15) is 8.42 Å². The van der Waals surface area contributed by atoms with Crippen molar-refractivity contribution in [2.45, 2.75) is 24.1 Å². The highest BCUT2D eigenvalue weighted by atomic mass is 79.9. The van der Waals surface area contributed by atoms with Crippen molar-refractivity contribution in [2.24, 2.45) is 5.73 Å². The predicted octanol–water partition coefficient (Wildman–Crippen LogP) is 1.44. The highest BCUT2D eigenvalue weighted by Gasteiger charge is 2.21. The van der Waals surface area contributed by atoms with Crippen LogP contribution in [0.25, 0.3) is 0 Å². The molecule has 3 N–H and O–H groups in total. The molecule has 1 atom stereocenters. The number of hydrogen-bond acceptors (Lipinski definition) is 4. The molecule has 0 spiro atoms. The minimum atomic E-state index is -3.44. The second kappa shape index (κ2) is 4.92. The largest absolute Gasteiger partial charge is 0.329 e. The molecule has 1 aromatic rings. The average molecular weight is 313 g/mol. The van der Waals surface area contributed by atoms with Crippen LogP contribution in [0.1, 0.15) is 11.8 Å². The molecule has 0 aliphatic heterocycles. The Hall–Kier alpha value is 0.0500. The lowest BCUT2D eigenvalue weighted by atomic mass is 10.4. The molecule has 1 heterocycles. The van der Waals surface area contributed by atoms with Crippen molar-refractivity contribution in [2.75, 3.05) is 6.54 Å². The third-order valence-electron chi connectivity index (χ3n) is 1.73. The summed E-state index contributed by atoms with van der Waals surface area (Å²) in [6, 6.07) is 1.52. The molecule has 0 saturated heterocycles. The van der Waals surface area contributed by atoms with Crippen LogP contribution in [0.5, 0.6) is 0 Å². The summed E-state index contributed by atoms with van der Waals surface area (Å²) < 4.78 is 27.1. The standard InChI is InChI=1S/C8H13BrN2O2S2/c1-5(4-10)11-15(12,13)8-7(9)3-6(2)14-8/h3,5,11H,4,10H2,1-2H3/t5-/m1/s1. The number of rotatable bonds is 4. The molecular weight excluding hydrogens is 300 g/mol. The van der Waals surface area contributed by atoms with Crippen LogP contribution in [0.3, 0.4) is 0 Å². The van der Waals surface area contributed by atoms with Gasteiger partial charge in [-0.2, -0.15) is 0 Å². The van der Waals surface area contributed by atoms with Crippen LogP contribution in [0.15, 0.2) is 14.7 Å². The Morgan fingerprint density at radius 1 is 1.67 bits per heavy atom. The van der Waals surface area contributed by atoms with Gasteiger partial charge in [0.2, 0.25) is 0 Å². The van der Waals surface area contributed by atoms with Crippen molar-refractivity contribution < 1.29 is 8.42 Å². The van der Waals surface area contributed by atoms with Crippen molar-refractivity contribution in [1.82, 2.24) is 4.72 Å². The van der Waals surface area contributed by atoms with E-state index < -0.39 is 10.0 Å². The Kier molecular flexibility index (Phi) is 4.30. The zero-order valence-corrected chi connectivity index (χ0v) is 11.7. The highest BCUT2D eigenvalue weighted by Crippen LogP contribution is 2.30. The number of aryl methyl sites for hydroxylation is 1. The molecular formula is C8H13BrN2O2S2. The maximum Gasteiger partial charge on any atom is 0.251 e. The second-order valence-electron chi connectivity index (χ2n) is 3.25. The molecule has 15 heavy (non-hydrogen) atoms. The Morgan fingerprint density at radius 2 is 2.27 bits per heavy atom. The first kappa shape index (κ1) is 13.1. The van der Waals surface area contributed by atoms with E-state index >= 15 is 0 Å². The lowest BCUT2D eigenvalue weighted by Gasteiger charge is -2.10. The molecule has 0 aliphatic rings. The SMILES string of the molecule is Cc1cc(Br)c(S(=O)(=O)N[C@H](C)CN)s1. The Bertz CT molecular complexity index is 441. The van der Waals surface area contributed by atoms with E-state index in [2.05, 4.69) is 20.7 Å². The summed E-state index contributed by atoms with van der Waals surface area (Å²) in [5, 5.41) is 0. The molecule has 0 radical (unpaired) electrons. The lowest BCUT2D eigenvalue weighted by Crippen LogP contribution is -2.37. The van der Waals surface area contributed by atoms with Crippen molar-refractivity contribution in [3.8, 4) is 0 Å². The molecule has 0 amide bonds. The fourth-order valence-corrected chi connectivity index (χ4v) is 5.04. The molecule has 1 aromatic heterocycles. The summed E-state index contributed by atoms with van der Waals surface area (Å²) in [6.07, 6.45) is 0. The van der Waals surface area contributed by atoms with Gasteiger partial charge in [0.05, 0.1) is 0 Å². The van der Waals surface area contributed by atoms with Crippen LogP contribution < -0.4 is 10.5 Å². The van der Waals surface area contributed by atoms with Crippen LogP contribution >= 0.6 is 27.3 Å². The van der Waals surface area contributed by atoms with Crippen LogP contribution in [0, 0.1) is 6.92 Å². The number of hydrogen-bond donors (Lipinski definition) is 2. The van der Waals surface area contributed by atoms with E-state index in [1.807, 2.05) is 6.92 Å². The van der Waals surface area contributed by atoms with Gasteiger partial charge in [0.1, 0.15) is 4.21 Å². The fourth-order valence-electron chi connectivity index (χ4n) is 1.01. The Balaban J connectivity index is 3.01. The van der Waals surface area contributed by atoms with Gasteiger partial charge in [-0.1, -0.05) is 0 Å². The molecule has 1 rings (SSSR count). The molecule has 0 aliphatic carbocycles. The van der Waals surface area contributed by atoms with Crippen LogP contribution in [-0.2, 0) is 10.0 Å². The molecule has 0 bridgehead atoms. The maximum absolute atomic E-state index is 11.8. The normalized spacial score (nSPS) is 14.1. The van der Waals surface area contributed by atoms with Gasteiger partial charge in [-0.25, -0.2) is 13.1 Å². The van der Waals surface area contributed by atoms with E-state index in [1.165, 1.54) is 11.3 Å². The summed E-state index contributed by atoms with van der Waals surface area (Å²) in [6.45, 7) is 3.87. The average Bonchev–Trinajstić information content (AvgIpc) is 2.45. The van der Waals surface area contributed by atoms with Crippen molar-refractivity contribution >= 4 is 37.3 Å². The third kappa shape index (κ3) is 3.25. The van der Waals surface area contributed by atoms with Gasteiger partial charge in [-0.3, -0.25) is 0 Å². The topological polar surface area (TPSA) is 72.2 Å². The third-order valence-corrected chi connectivity index (χ3v) is 6.06. The van der Waals surface area contributed by atoms with E-state index in [0.29, 0.717) is 8.68 Å². The molecule has 0 saturated carbocycles. The second-order valence-corrected chi connectivity index (χ2v) is 7.27. The number of nitrogens with two attached hydrogens (primary N) is 1. The Labute approximate surface area is 102 Å². The van der Waals surface area contributed by atoms with Crippen LogP contribution in [-0.4, -0.2) is 21.0 Å². The summed E-state index contributed by atoms with van der Waals surface area (Å²) in [5.41, 5.74) is 5.37. The van der Waals surface area contributed by atoms with E-state index in [1.54, 1.807) is 13.0 Å². The van der Waals surface area contributed by atoms with Crippen molar-refractivity contribution in [1.29, 1.82) is 0 Å². The van der Waals surface area contributed by atoms with Crippen LogP contribution in [0.2, 0.25) is 0 Å². The maximum atomic E-state index is 11.8. The number of thiophene rings is 1. The first-order chi connectivity index (χ1) is 6.86. The van der Waals surface area contributed by atoms with E-state index in [-0.39, 0.29) is 12.6 Å². The lowest BCUT2D eigenvalue weighted by molar-refractivity contribution is 0.564. The summed E-state index contributed by atoms with van der Waals surface area (Å²) in [4.78, 5) is 0.947. The van der Waals surface area contributed by atoms with Gasteiger partial charge in [0.25, 0.3) is 10.0 Å². The van der Waals surface area contributed by atoms with Gasteiger partial charge in [0.15, 0.2) is 0 Å². The predicted molar refractivity (Wildman–Crippen MR) is 65.6 cm³/mol. The van der Waals surface area contributed by atoms with Gasteiger partial charge in [0, 0.05) is 21.9 Å². The number of halogens is 1.